The van der Waals surface area contributed by atoms with E-state index in [2.05, 4.69) is 25.1 Å². The summed E-state index contributed by atoms with van der Waals surface area (Å²) in [6.45, 7) is 4.41. The highest BCUT2D eigenvalue weighted by Crippen LogP contribution is 2.40. The molecule has 5 heterocycles. The normalized spacial score (nSPS) is 20.7. The third kappa shape index (κ3) is 4.94. The fourth-order valence-electron chi connectivity index (χ4n) is 4.37. The molecule has 0 aliphatic carbocycles. The number of fused-ring (bicyclic) bond motifs is 2. The second-order valence-corrected chi connectivity index (χ2v) is 11.5. The smallest absolute Gasteiger partial charge is 0.352 e. The predicted octanol–water partition coefficient (Wildman–Crippen LogP) is -0.952. The molecule has 16 nitrogen and oxygen atoms in total. The maximum atomic E-state index is 13.2. The number of rotatable bonds is 9. The zero-order valence-electron chi connectivity index (χ0n) is 21.4. The van der Waals surface area contributed by atoms with Crippen molar-refractivity contribution in [2.45, 2.75) is 50.4 Å². The Balaban J connectivity index is 1.36. The highest BCUT2D eigenvalue weighted by Gasteiger charge is 2.55. The average Bonchev–Trinajstić information content (AvgIpc) is 3.53. The maximum Gasteiger partial charge on any atom is 0.352 e. The van der Waals surface area contributed by atoms with E-state index in [4.69, 9.17) is 10.6 Å². The van der Waals surface area contributed by atoms with Gasteiger partial charge in [0.15, 0.2) is 23.7 Å². The van der Waals surface area contributed by atoms with Crippen molar-refractivity contribution in [2.24, 2.45) is 5.16 Å². The number of carboxylic acids is 2. The Kier molecular flexibility index (Phi) is 7.13. The fourth-order valence-corrected chi connectivity index (χ4v) is 6.14. The first-order valence-corrected chi connectivity index (χ1v) is 13.9. The number of amides is 2. The number of nitrogens with two attached hydrogens (primary N) is 1. The first kappa shape index (κ1) is 27.4. The van der Waals surface area contributed by atoms with Gasteiger partial charge in [-0.1, -0.05) is 5.16 Å². The van der Waals surface area contributed by atoms with E-state index >= 15 is 0 Å². The molecule has 2 aromatic rings. The number of aromatic nitrogens is 4. The van der Waals surface area contributed by atoms with Crippen LogP contribution in [-0.2, 0) is 37.1 Å². The van der Waals surface area contributed by atoms with Crippen molar-refractivity contribution >= 4 is 63.7 Å². The first-order chi connectivity index (χ1) is 19.0. The maximum absolute atomic E-state index is 13.2. The summed E-state index contributed by atoms with van der Waals surface area (Å²) in [6, 6.07) is 0.852. The summed E-state index contributed by atoms with van der Waals surface area (Å²) in [6.07, 6.45) is 2.80. The van der Waals surface area contributed by atoms with Gasteiger partial charge in [0.2, 0.25) is 17.1 Å². The van der Waals surface area contributed by atoms with Gasteiger partial charge >= 0.3 is 11.9 Å². The van der Waals surface area contributed by atoms with Gasteiger partial charge in [-0.3, -0.25) is 14.5 Å². The van der Waals surface area contributed by atoms with Crippen LogP contribution < -0.4 is 21.0 Å². The minimum absolute atomic E-state index is 0.0309. The zero-order valence-corrected chi connectivity index (χ0v) is 23.0. The lowest BCUT2D eigenvalue weighted by molar-refractivity contribution is -0.768. The number of carbonyl (C=O) groups excluding carboxylic acids is 2. The number of oxime groups is 1. The minimum atomic E-state index is -1.78. The van der Waals surface area contributed by atoms with E-state index in [1.165, 1.54) is 30.5 Å². The van der Waals surface area contributed by atoms with E-state index in [-0.39, 0.29) is 23.2 Å². The van der Waals surface area contributed by atoms with Gasteiger partial charge in [0.05, 0.1) is 12.6 Å². The molecule has 2 amide bonds. The highest BCUT2D eigenvalue weighted by molar-refractivity contribution is 8.00. The van der Waals surface area contributed by atoms with Gasteiger partial charge in [-0.25, -0.2) is 9.59 Å². The molecule has 18 heteroatoms. The summed E-state index contributed by atoms with van der Waals surface area (Å²) >= 11 is 2.11. The quantitative estimate of drug-likeness (QED) is 0.103. The molecule has 0 aromatic carbocycles. The monoisotopic (exact) mass is 592 g/mol. The Bertz CT molecular complexity index is 1460. The van der Waals surface area contributed by atoms with Crippen LogP contribution in [0.2, 0.25) is 0 Å². The van der Waals surface area contributed by atoms with Crippen molar-refractivity contribution < 1.29 is 38.9 Å². The van der Waals surface area contributed by atoms with Gasteiger partial charge in [-0.15, -0.1) is 21.1 Å². The van der Waals surface area contributed by atoms with Crippen LogP contribution in [0.4, 0.5) is 10.9 Å². The third-order valence-corrected chi connectivity index (χ3v) is 8.37. The largest absolute Gasteiger partial charge is 0.478 e. The van der Waals surface area contributed by atoms with Gasteiger partial charge in [0, 0.05) is 29.4 Å². The van der Waals surface area contributed by atoms with E-state index in [9.17, 15) is 29.4 Å². The summed E-state index contributed by atoms with van der Waals surface area (Å²) in [7, 11) is 0. The van der Waals surface area contributed by atoms with E-state index in [0.717, 1.165) is 36.9 Å². The molecule has 3 aliphatic heterocycles. The van der Waals surface area contributed by atoms with Crippen LogP contribution in [0.15, 0.2) is 28.7 Å². The summed E-state index contributed by atoms with van der Waals surface area (Å²) in [5.74, 6) is -3.03. The van der Waals surface area contributed by atoms with Crippen molar-refractivity contribution in [1.29, 1.82) is 0 Å². The van der Waals surface area contributed by atoms with Crippen LogP contribution in [0.3, 0.4) is 0 Å². The Morgan fingerprint density at radius 1 is 1.38 bits per heavy atom. The molecule has 6 N–H and O–H groups in total. The van der Waals surface area contributed by atoms with Crippen molar-refractivity contribution in [3.63, 3.8) is 0 Å². The number of nitrogen functional groups attached to an aromatic ring is 1. The molecule has 0 bridgehead atoms. The molecular weight excluding hydrogens is 566 g/mol. The second-order valence-electron chi connectivity index (χ2n) is 9.62. The molecule has 3 aliphatic rings. The van der Waals surface area contributed by atoms with Crippen LogP contribution in [-0.4, -0.2) is 87.9 Å². The zero-order chi connectivity index (χ0) is 28.8. The van der Waals surface area contributed by atoms with E-state index in [1.807, 2.05) is 21.6 Å². The van der Waals surface area contributed by atoms with Gasteiger partial charge in [-0.05, 0) is 20.3 Å². The van der Waals surface area contributed by atoms with Crippen molar-refractivity contribution in [3.8, 4) is 0 Å². The molecule has 1 saturated heterocycles. The number of anilines is 2. The molecule has 0 unspecified atom stereocenters. The lowest BCUT2D eigenvalue weighted by Crippen LogP contribution is -2.71. The molecule has 0 spiro atoms. The van der Waals surface area contributed by atoms with Crippen molar-refractivity contribution in [2.75, 3.05) is 23.3 Å². The Morgan fingerprint density at radius 3 is 2.83 bits per heavy atom. The topological polar surface area (TPSA) is 218 Å². The molecule has 212 valence electrons. The summed E-state index contributed by atoms with van der Waals surface area (Å²) in [5.41, 5.74) is 3.83. The number of hydrogen-bond acceptors (Lipinski definition) is 12. The summed E-state index contributed by atoms with van der Waals surface area (Å²) in [5, 5.41) is 28.2. The van der Waals surface area contributed by atoms with Gasteiger partial charge in [-0.2, -0.15) is 9.36 Å². The summed E-state index contributed by atoms with van der Waals surface area (Å²) in [4.78, 5) is 60.2. The van der Waals surface area contributed by atoms with Crippen LogP contribution in [0, 0.1) is 0 Å². The predicted molar refractivity (Wildman–Crippen MR) is 141 cm³/mol. The molecule has 0 saturated carbocycles. The molecule has 0 radical (unpaired) electrons. The SMILES string of the molecule is CC(C)(O/N=C(\C(=O)N[C@@H]1C(=O)N2C(C(=O)O)=C(C[n+]3ccc4n3CCCN4)CS[C@H]12)c1nsc(N)n1)C(=O)O. The van der Waals surface area contributed by atoms with Crippen LogP contribution in [0.5, 0.6) is 0 Å². The van der Waals surface area contributed by atoms with Gasteiger partial charge < -0.3 is 31.4 Å². The Morgan fingerprint density at radius 2 is 2.15 bits per heavy atom. The molecule has 40 heavy (non-hydrogen) atoms. The van der Waals surface area contributed by atoms with Gasteiger partial charge in [0.1, 0.15) is 17.1 Å². The first-order valence-electron chi connectivity index (χ1n) is 12.1. The van der Waals surface area contributed by atoms with E-state index in [1.54, 1.807) is 0 Å². The van der Waals surface area contributed by atoms with Crippen LogP contribution >= 0.6 is 23.3 Å². The van der Waals surface area contributed by atoms with E-state index < -0.39 is 46.5 Å². The number of nitrogens with zero attached hydrogens (tertiary/aromatic N) is 6. The van der Waals surface area contributed by atoms with Crippen LogP contribution in [0.1, 0.15) is 26.1 Å². The molecule has 5 rings (SSSR count). The third-order valence-electron chi connectivity index (χ3n) is 6.48. The highest BCUT2D eigenvalue weighted by atomic mass is 32.2. The average molecular weight is 593 g/mol. The molecule has 2 atom stereocenters. The van der Waals surface area contributed by atoms with Crippen molar-refractivity contribution in [1.82, 2.24) is 24.3 Å². The van der Waals surface area contributed by atoms with Crippen molar-refractivity contribution in [3.05, 3.63) is 29.4 Å². The van der Waals surface area contributed by atoms with Gasteiger partial charge in [0.25, 0.3) is 11.8 Å². The summed E-state index contributed by atoms with van der Waals surface area (Å²) < 4.78 is 7.88. The number of carboxylic acid groups (broad SMARTS) is 2. The lowest BCUT2D eigenvalue weighted by Gasteiger charge is -2.49. The number of carbonyl (C=O) groups is 4. The Labute approximate surface area is 235 Å². The number of hydrogen-bond donors (Lipinski definition) is 5. The van der Waals surface area contributed by atoms with Crippen LogP contribution in [0.25, 0.3) is 0 Å². The standard InChI is InChI=1S/C22H25N9O7S2/c1-22(2,20(36)37)38-27-12(15-26-21(23)40-28-15)16(32)25-13-17(33)31-14(19(34)35)10(9-39-18(13)31)8-29-7-4-11-24-5-3-6-30(11)29/h4,7,13,18H,3,5-6,8-9H2,1-2H3,(H5,23,25,26,28,32,34,35,36,37)/p+1/b27-12-/t13-,18-/m1/s1. The second kappa shape index (κ2) is 10.4. The number of β-lactam (4-membered cyclic amide) rings is 1. The van der Waals surface area contributed by atoms with E-state index in [0.29, 0.717) is 11.3 Å². The number of nitrogens with one attached hydrogen (secondary N) is 2. The lowest BCUT2D eigenvalue weighted by atomic mass is 10.0. The number of thioether (sulfide) groups is 1. The molecule has 2 aromatic heterocycles. The number of aliphatic carboxylic acids is 2. The minimum Gasteiger partial charge on any atom is -0.478 e. The molecular formula is C22H26N9O7S2+. The Hall–Kier alpha value is -4.19. The fraction of sp³-hybridized carbons (Fsp3) is 0.455. The molecule has 1 fully saturated rings.